The number of halogens is 1. The monoisotopic (exact) mass is 347 g/mol. The summed E-state index contributed by atoms with van der Waals surface area (Å²) in [6.07, 6.45) is 3.94. The number of aliphatic hydroxyl groups is 1. The van der Waals surface area contributed by atoms with E-state index in [0.717, 1.165) is 11.4 Å². The second kappa shape index (κ2) is 8.66. The van der Waals surface area contributed by atoms with Crippen molar-refractivity contribution in [2.24, 2.45) is 0 Å². The molecule has 1 amide bonds. The standard InChI is InChI=1S/C18H22ClN3O2/c1-3-15(23)11-12-20-17(24)10-9-16-13(2)21-22(18(16)19)14-7-5-4-6-8-14/h4-10,15,23H,3,11-12H2,1-2H3,(H,20,24)/b10-9+. The van der Waals surface area contributed by atoms with Crippen LogP contribution in [0.2, 0.25) is 5.15 Å². The zero-order valence-electron chi connectivity index (χ0n) is 13.9. The van der Waals surface area contributed by atoms with Crippen LogP contribution in [0, 0.1) is 6.92 Å². The van der Waals surface area contributed by atoms with Gasteiger partial charge in [0.2, 0.25) is 5.91 Å². The van der Waals surface area contributed by atoms with Gasteiger partial charge in [0.05, 0.1) is 17.5 Å². The van der Waals surface area contributed by atoms with Crippen LogP contribution in [-0.2, 0) is 4.79 Å². The third kappa shape index (κ3) is 4.69. The van der Waals surface area contributed by atoms with Gasteiger partial charge >= 0.3 is 0 Å². The maximum absolute atomic E-state index is 11.8. The molecule has 0 aliphatic carbocycles. The van der Waals surface area contributed by atoms with Crippen molar-refractivity contribution in [1.82, 2.24) is 15.1 Å². The van der Waals surface area contributed by atoms with Crippen LogP contribution in [-0.4, -0.2) is 33.4 Å². The summed E-state index contributed by atoms with van der Waals surface area (Å²) in [7, 11) is 0. The summed E-state index contributed by atoms with van der Waals surface area (Å²) in [6.45, 7) is 4.19. The molecule has 1 unspecified atom stereocenters. The molecule has 1 heterocycles. The molecule has 1 aromatic heterocycles. The molecule has 0 fully saturated rings. The van der Waals surface area contributed by atoms with Gasteiger partial charge in [0, 0.05) is 18.2 Å². The van der Waals surface area contributed by atoms with E-state index in [1.54, 1.807) is 10.8 Å². The number of amides is 1. The van der Waals surface area contributed by atoms with Gasteiger partial charge < -0.3 is 10.4 Å². The number of aromatic nitrogens is 2. The summed E-state index contributed by atoms with van der Waals surface area (Å²) in [5.74, 6) is -0.221. The fourth-order valence-electron chi connectivity index (χ4n) is 2.22. The van der Waals surface area contributed by atoms with Gasteiger partial charge in [0.25, 0.3) is 0 Å². The van der Waals surface area contributed by atoms with Crippen molar-refractivity contribution >= 4 is 23.6 Å². The van der Waals surface area contributed by atoms with Gasteiger partial charge in [-0.25, -0.2) is 4.68 Å². The van der Waals surface area contributed by atoms with E-state index in [9.17, 15) is 9.90 Å². The van der Waals surface area contributed by atoms with Crippen molar-refractivity contribution in [2.45, 2.75) is 32.8 Å². The van der Waals surface area contributed by atoms with Crippen molar-refractivity contribution in [3.63, 3.8) is 0 Å². The van der Waals surface area contributed by atoms with Crippen molar-refractivity contribution in [1.29, 1.82) is 0 Å². The number of rotatable bonds is 7. The van der Waals surface area contributed by atoms with Crippen LogP contribution in [0.4, 0.5) is 0 Å². The second-order valence-electron chi connectivity index (χ2n) is 5.51. The summed E-state index contributed by atoms with van der Waals surface area (Å²) in [4.78, 5) is 11.8. The molecule has 6 heteroatoms. The zero-order valence-corrected chi connectivity index (χ0v) is 14.6. The Morgan fingerprint density at radius 3 is 2.79 bits per heavy atom. The van der Waals surface area contributed by atoms with E-state index in [4.69, 9.17) is 11.6 Å². The topological polar surface area (TPSA) is 67.2 Å². The largest absolute Gasteiger partial charge is 0.393 e. The number of carbonyl (C=O) groups excluding carboxylic acids is 1. The Morgan fingerprint density at radius 2 is 2.12 bits per heavy atom. The lowest BCUT2D eigenvalue weighted by Crippen LogP contribution is -2.25. The lowest BCUT2D eigenvalue weighted by atomic mass is 10.2. The zero-order chi connectivity index (χ0) is 17.5. The Labute approximate surface area is 146 Å². The molecule has 128 valence electrons. The summed E-state index contributed by atoms with van der Waals surface area (Å²) >= 11 is 6.40. The number of carbonyl (C=O) groups is 1. The van der Waals surface area contributed by atoms with Gasteiger partial charge in [0.15, 0.2) is 0 Å². The molecule has 1 atom stereocenters. The van der Waals surface area contributed by atoms with Crippen LogP contribution < -0.4 is 5.32 Å². The molecule has 2 rings (SSSR count). The minimum Gasteiger partial charge on any atom is -0.393 e. The number of hydrogen-bond acceptors (Lipinski definition) is 3. The average molecular weight is 348 g/mol. The quantitative estimate of drug-likeness (QED) is 0.756. The first-order valence-corrected chi connectivity index (χ1v) is 8.35. The number of hydrogen-bond donors (Lipinski definition) is 2. The highest BCUT2D eigenvalue weighted by atomic mass is 35.5. The number of aliphatic hydroxyl groups excluding tert-OH is 1. The summed E-state index contributed by atoms with van der Waals surface area (Å²) in [5.41, 5.74) is 2.32. The fraction of sp³-hybridized carbons (Fsp3) is 0.333. The first kappa shape index (κ1) is 18.2. The summed E-state index contributed by atoms with van der Waals surface area (Å²) in [5, 5.41) is 17.1. The lowest BCUT2D eigenvalue weighted by Gasteiger charge is -2.07. The molecule has 5 nitrogen and oxygen atoms in total. The third-order valence-electron chi connectivity index (χ3n) is 3.70. The molecule has 0 aliphatic rings. The van der Waals surface area contributed by atoms with Crippen molar-refractivity contribution in [3.05, 3.63) is 52.8 Å². The van der Waals surface area contributed by atoms with E-state index in [-0.39, 0.29) is 12.0 Å². The molecule has 24 heavy (non-hydrogen) atoms. The lowest BCUT2D eigenvalue weighted by molar-refractivity contribution is -0.116. The minimum absolute atomic E-state index is 0.221. The maximum atomic E-state index is 11.8. The van der Waals surface area contributed by atoms with Crippen molar-refractivity contribution < 1.29 is 9.90 Å². The second-order valence-corrected chi connectivity index (χ2v) is 5.87. The predicted octanol–water partition coefficient (Wildman–Crippen LogP) is 3.12. The van der Waals surface area contributed by atoms with E-state index in [1.807, 2.05) is 44.2 Å². The number of aryl methyl sites for hydroxylation is 1. The molecule has 1 aromatic carbocycles. The van der Waals surface area contributed by atoms with Gasteiger partial charge in [-0.3, -0.25) is 4.79 Å². The van der Waals surface area contributed by atoms with E-state index in [1.165, 1.54) is 6.08 Å². The van der Waals surface area contributed by atoms with Crippen LogP contribution in [0.15, 0.2) is 36.4 Å². The Morgan fingerprint density at radius 1 is 1.42 bits per heavy atom. The highest BCUT2D eigenvalue weighted by molar-refractivity contribution is 6.31. The molecule has 2 N–H and O–H groups in total. The highest BCUT2D eigenvalue weighted by Crippen LogP contribution is 2.24. The Bertz CT molecular complexity index is 711. The first-order chi connectivity index (χ1) is 11.5. The molecular weight excluding hydrogens is 326 g/mol. The molecule has 0 radical (unpaired) electrons. The van der Waals surface area contributed by atoms with Gasteiger partial charge in [0.1, 0.15) is 5.15 Å². The maximum Gasteiger partial charge on any atom is 0.244 e. The Kier molecular flexibility index (Phi) is 6.58. The average Bonchev–Trinajstić information content (AvgIpc) is 2.88. The first-order valence-electron chi connectivity index (χ1n) is 7.97. The molecular formula is C18H22ClN3O2. The van der Waals surface area contributed by atoms with Crippen LogP contribution in [0.3, 0.4) is 0 Å². The molecule has 0 saturated carbocycles. The molecule has 2 aromatic rings. The number of benzene rings is 1. The summed E-state index contributed by atoms with van der Waals surface area (Å²) < 4.78 is 1.64. The number of nitrogens with zero attached hydrogens (tertiary/aromatic N) is 2. The molecule has 0 bridgehead atoms. The third-order valence-corrected chi connectivity index (χ3v) is 4.06. The molecule has 0 spiro atoms. The van der Waals surface area contributed by atoms with E-state index < -0.39 is 0 Å². The highest BCUT2D eigenvalue weighted by Gasteiger charge is 2.12. The Balaban J connectivity index is 2.05. The number of nitrogens with one attached hydrogen (secondary N) is 1. The molecule has 0 saturated heterocycles. The van der Waals surface area contributed by atoms with Crippen molar-refractivity contribution in [2.75, 3.05) is 6.54 Å². The number of para-hydroxylation sites is 1. The summed E-state index contributed by atoms with van der Waals surface area (Å²) in [6, 6.07) is 9.58. The van der Waals surface area contributed by atoms with Crippen molar-refractivity contribution in [3.8, 4) is 5.69 Å². The van der Waals surface area contributed by atoms with Gasteiger partial charge in [-0.2, -0.15) is 5.10 Å². The van der Waals surface area contributed by atoms with Gasteiger partial charge in [-0.1, -0.05) is 36.7 Å². The minimum atomic E-state index is -0.380. The fourth-order valence-corrected chi connectivity index (χ4v) is 2.56. The Hall–Kier alpha value is -2.11. The SMILES string of the molecule is CCC(O)CCNC(=O)/C=C/c1c(C)nn(-c2ccccc2)c1Cl. The van der Waals surface area contributed by atoms with Gasteiger partial charge in [-0.15, -0.1) is 0 Å². The van der Waals surface area contributed by atoms with Crippen LogP contribution in [0.25, 0.3) is 11.8 Å². The van der Waals surface area contributed by atoms with E-state index in [2.05, 4.69) is 10.4 Å². The smallest absolute Gasteiger partial charge is 0.244 e. The van der Waals surface area contributed by atoms with Crippen LogP contribution >= 0.6 is 11.6 Å². The normalized spacial score (nSPS) is 12.5. The van der Waals surface area contributed by atoms with Gasteiger partial charge in [-0.05, 0) is 38.0 Å². The van der Waals surface area contributed by atoms with Crippen LogP contribution in [0.5, 0.6) is 0 Å². The molecule has 0 aliphatic heterocycles. The van der Waals surface area contributed by atoms with E-state index >= 15 is 0 Å². The predicted molar refractivity (Wildman–Crippen MR) is 96.3 cm³/mol. The van der Waals surface area contributed by atoms with E-state index in [0.29, 0.717) is 30.1 Å². The van der Waals surface area contributed by atoms with Crippen LogP contribution in [0.1, 0.15) is 31.0 Å².